The van der Waals surface area contributed by atoms with E-state index in [0.717, 1.165) is 12.5 Å². The van der Waals surface area contributed by atoms with Gasteiger partial charge in [0.25, 0.3) is 5.92 Å². The molecule has 3 rings (SSSR count). The van der Waals surface area contributed by atoms with Gasteiger partial charge in [-0.15, -0.1) is 0 Å². The molecule has 2 unspecified atom stereocenters. The van der Waals surface area contributed by atoms with Gasteiger partial charge in [0.15, 0.2) is 9.84 Å². The third-order valence-corrected chi connectivity index (χ3v) is 5.78. The van der Waals surface area contributed by atoms with E-state index in [1.807, 2.05) is 0 Å². The van der Waals surface area contributed by atoms with Crippen molar-refractivity contribution in [3.63, 3.8) is 0 Å². The van der Waals surface area contributed by atoms with Gasteiger partial charge >= 0.3 is 0 Å². The fourth-order valence-electron chi connectivity index (χ4n) is 3.32. The number of aromatic nitrogens is 1. The van der Waals surface area contributed by atoms with Crippen LogP contribution in [0.15, 0.2) is 11.1 Å². The van der Waals surface area contributed by atoms with E-state index >= 15 is 0 Å². The minimum Gasteiger partial charge on any atom is -0.474 e. The summed E-state index contributed by atoms with van der Waals surface area (Å²) in [6.07, 6.45) is -1.68. The number of ether oxygens (including phenoxy) is 1. The molecule has 0 aromatic carbocycles. The minimum atomic E-state index is -3.86. The minimum absolute atomic E-state index is 0.0290. The number of fused-ring (bicyclic) bond motifs is 1. The molecule has 1 aromatic heterocycles. The molecule has 0 aliphatic heterocycles. The molecule has 5 nitrogen and oxygen atoms in total. The van der Waals surface area contributed by atoms with Crippen molar-refractivity contribution in [1.29, 1.82) is 0 Å². The highest BCUT2D eigenvalue weighted by Gasteiger charge is 2.57. The second-order valence-corrected chi connectivity index (χ2v) is 8.36. The number of sulfone groups is 1. The molecule has 134 valence electrons. The van der Waals surface area contributed by atoms with E-state index in [9.17, 15) is 26.7 Å². The molecule has 1 aromatic rings. The number of alkyl halides is 3. The van der Waals surface area contributed by atoms with Gasteiger partial charge < -0.3 is 9.84 Å². The maximum Gasteiger partial charge on any atom is 0.284 e. The predicted molar refractivity (Wildman–Crippen MR) is 78.8 cm³/mol. The molecular weight excluding hydrogens is 347 g/mol. The molecule has 1 N–H and O–H groups in total. The van der Waals surface area contributed by atoms with Crippen molar-refractivity contribution in [1.82, 2.24) is 4.98 Å². The van der Waals surface area contributed by atoms with Crippen molar-refractivity contribution in [2.45, 2.75) is 61.3 Å². The lowest BCUT2D eigenvalue weighted by Gasteiger charge is -2.30. The first-order valence-corrected chi connectivity index (χ1v) is 9.55. The second kappa shape index (κ2) is 5.59. The summed E-state index contributed by atoms with van der Waals surface area (Å²) in [5.74, 6) is -5.08. The van der Waals surface area contributed by atoms with Crippen LogP contribution in [0.4, 0.5) is 13.2 Å². The van der Waals surface area contributed by atoms with Crippen LogP contribution in [0.1, 0.15) is 49.3 Å². The van der Waals surface area contributed by atoms with E-state index in [1.165, 1.54) is 6.92 Å². The molecule has 2 aliphatic rings. The van der Waals surface area contributed by atoms with Crippen molar-refractivity contribution in [3.05, 3.63) is 17.3 Å². The highest BCUT2D eigenvalue weighted by molar-refractivity contribution is 7.90. The fraction of sp³-hybridized carbons (Fsp3) is 0.667. The van der Waals surface area contributed by atoms with Crippen LogP contribution in [0.2, 0.25) is 0 Å². The van der Waals surface area contributed by atoms with Crippen LogP contribution in [0.5, 0.6) is 5.88 Å². The Hall–Kier alpha value is -1.35. The van der Waals surface area contributed by atoms with Gasteiger partial charge in [0, 0.05) is 36.4 Å². The largest absolute Gasteiger partial charge is 0.474 e. The molecular formula is C15H18F3NO4S. The third-order valence-electron chi connectivity index (χ3n) is 4.66. The Balaban J connectivity index is 2.15. The van der Waals surface area contributed by atoms with Gasteiger partial charge in [-0.1, -0.05) is 6.92 Å². The molecule has 0 radical (unpaired) electrons. The standard InChI is InChI=1S/C15H18F3NO4S/c1-3-9-11-12(13(20)15(9,17)18)10(24(2,21)22)6-19-14(11)23-8-4-7(16)5-8/h6-9,13,20H,3-5H2,1-2H3. The van der Waals surface area contributed by atoms with Gasteiger partial charge in [-0.05, 0) is 6.42 Å². The van der Waals surface area contributed by atoms with Crippen LogP contribution in [-0.2, 0) is 9.84 Å². The zero-order chi connectivity index (χ0) is 17.9. The molecule has 0 spiro atoms. The Kier molecular flexibility index (Phi) is 4.07. The van der Waals surface area contributed by atoms with Gasteiger partial charge in [-0.25, -0.2) is 26.6 Å². The maximum atomic E-state index is 14.5. The average Bonchev–Trinajstić information content (AvgIpc) is 2.64. The lowest BCUT2D eigenvalue weighted by Crippen LogP contribution is -2.35. The molecule has 1 saturated carbocycles. The molecule has 0 saturated heterocycles. The Labute approximate surface area is 137 Å². The summed E-state index contributed by atoms with van der Waals surface area (Å²) in [4.78, 5) is 3.47. The first-order valence-electron chi connectivity index (χ1n) is 7.66. The third kappa shape index (κ3) is 2.57. The van der Waals surface area contributed by atoms with Gasteiger partial charge in [-0.3, -0.25) is 0 Å². The first kappa shape index (κ1) is 17.5. The normalized spacial score (nSPS) is 31.4. The monoisotopic (exact) mass is 365 g/mol. The number of pyridine rings is 1. The summed E-state index contributed by atoms with van der Waals surface area (Å²) in [5.41, 5.74) is -0.435. The number of halogens is 3. The number of hydrogen-bond donors (Lipinski definition) is 1. The number of nitrogens with zero attached hydrogens (tertiary/aromatic N) is 1. The number of rotatable bonds is 4. The van der Waals surface area contributed by atoms with E-state index in [1.54, 1.807) is 0 Å². The van der Waals surface area contributed by atoms with Gasteiger partial charge in [0.1, 0.15) is 18.4 Å². The van der Waals surface area contributed by atoms with Crippen LogP contribution in [0.3, 0.4) is 0 Å². The molecule has 2 atom stereocenters. The van der Waals surface area contributed by atoms with Crippen LogP contribution in [-0.4, -0.2) is 43.0 Å². The molecule has 0 bridgehead atoms. The Morgan fingerprint density at radius 3 is 2.50 bits per heavy atom. The first-order chi connectivity index (χ1) is 11.1. The topological polar surface area (TPSA) is 76.5 Å². The van der Waals surface area contributed by atoms with Gasteiger partial charge in [0.2, 0.25) is 5.88 Å². The lowest BCUT2D eigenvalue weighted by atomic mass is 9.93. The van der Waals surface area contributed by atoms with E-state index in [2.05, 4.69) is 4.98 Å². The van der Waals surface area contributed by atoms with E-state index in [4.69, 9.17) is 4.74 Å². The summed E-state index contributed by atoms with van der Waals surface area (Å²) in [6, 6.07) is 0. The van der Waals surface area contributed by atoms with E-state index < -0.39 is 45.0 Å². The highest BCUT2D eigenvalue weighted by atomic mass is 32.2. The van der Waals surface area contributed by atoms with Crippen LogP contribution in [0.25, 0.3) is 0 Å². The number of aliphatic hydroxyl groups is 1. The molecule has 0 amide bonds. The van der Waals surface area contributed by atoms with E-state index in [0.29, 0.717) is 0 Å². The Morgan fingerprint density at radius 1 is 1.38 bits per heavy atom. The number of hydrogen-bond acceptors (Lipinski definition) is 5. The van der Waals surface area contributed by atoms with Crippen LogP contribution in [0, 0.1) is 0 Å². The quantitative estimate of drug-likeness (QED) is 0.887. The maximum absolute atomic E-state index is 14.5. The van der Waals surface area contributed by atoms with Crippen LogP contribution < -0.4 is 4.74 Å². The summed E-state index contributed by atoms with van der Waals surface area (Å²) in [6.45, 7) is 1.51. The van der Waals surface area contributed by atoms with Crippen molar-refractivity contribution >= 4 is 9.84 Å². The molecule has 2 aliphatic carbocycles. The summed E-state index contributed by atoms with van der Waals surface area (Å²) in [7, 11) is -3.86. The SMILES string of the molecule is CCC1c2c(OC3CC(F)C3)ncc(S(C)(=O)=O)c2C(O)C1(F)F. The number of aliphatic hydroxyl groups excluding tert-OH is 1. The molecule has 1 fully saturated rings. The van der Waals surface area contributed by atoms with Crippen molar-refractivity contribution in [3.8, 4) is 5.88 Å². The fourth-order valence-corrected chi connectivity index (χ4v) is 4.18. The summed E-state index contributed by atoms with van der Waals surface area (Å²) in [5, 5.41) is 10.1. The smallest absolute Gasteiger partial charge is 0.284 e. The molecule has 24 heavy (non-hydrogen) atoms. The average molecular weight is 365 g/mol. The van der Waals surface area contributed by atoms with Gasteiger partial charge in [-0.2, -0.15) is 0 Å². The zero-order valence-electron chi connectivity index (χ0n) is 13.2. The summed E-state index contributed by atoms with van der Waals surface area (Å²) < 4.78 is 71.2. The van der Waals surface area contributed by atoms with Gasteiger partial charge in [0.05, 0.1) is 10.8 Å². The second-order valence-electron chi connectivity index (χ2n) is 6.37. The Morgan fingerprint density at radius 2 is 2.00 bits per heavy atom. The molecule has 9 heteroatoms. The van der Waals surface area contributed by atoms with Crippen molar-refractivity contribution in [2.24, 2.45) is 0 Å². The lowest BCUT2D eigenvalue weighted by molar-refractivity contribution is -0.116. The zero-order valence-corrected chi connectivity index (χ0v) is 14.0. The Bertz CT molecular complexity index is 762. The van der Waals surface area contributed by atoms with E-state index in [-0.39, 0.29) is 36.3 Å². The highest BCUT2D eigenvalue weighted by Crippen LogP contribution is 2.57. The van der Waals surface area contributed by atoms with Crippen molar-refractivity contribution in [2.75, 3.05) is 6.26 Å². The predicted octanol–water partition coefficient (Wildman–Crippen LogP) is 2.54. The summed E-state index contributed by atoms with van der Waals surface area (Å²) >= 11 is 0. The van der Waals surface area contributed by atoms with Crippen molar-refractivity contribution < 1.29 is 31.4 Å². The molecule has 1 heterocycles. The van der Waals surface area contributed by atoms with Crippen LogP contribution >= 0.6 is 0 Å².